The minimum Gasteiger partial charge on any atom is -0.359 e. The number of hydrogen-bond acceptors (Lipinski definition) is 5. The average Bonchev–Trinajstić information content (AvgIpc) is 3.33. The number of anilines is 2. The van der Waals surface area contributed by atoms with E-state index in [0.717, 1.165) is 0 Å². The number of thiophene rings is 1. The van der Waals surface area contributed by atoms with Crippen molar-refractivity contribution in [1.82, 2.24) is 9.80 Å². The fraction of sp³-hybridized carbons (Fsp3) is 0.304. The lowest BCUT2D eigenvalue weighted by Gasteiger charge is -2.33. The Kier molecular flexibility index (Phi) is 3.85. The van der Waals surface area contributed by atoms with Gasteiger partial charge in [0.2, 0.25) is 0 Å². The van der Waals surface area contributed by atoms with Crippen LogP contribution >= 0.6 is 11.3 Å². The van der Waals surface area contributed by atoms with Crippen LogP contribution in [-0.4, -0.2) is 36.2 Å². The van der Waals surface area contributed by atoms with Crippen molar-refractivity contribution in [3.05, 3.63) is 60.7 Å². The van der Waals surface area contributed by atoms with Gasteiger partial charge in [-0.05, 0) is 38.5 Å². The van der Waals surface area contributed by atoms with Gasteiger partial charge in [-0.25, -0.2) is 0 Å². The summed E-state index contributed by atoms with van der Waals surface area (Å²) in [5, 5.41) is 2.69. The van der Waals surface area contributed by atoms with E-state index in [1.165, 1.54) is 37.1 Å². The second kappa shape index (κ2) is 6.17. The summed E-state index contributed by atoms with van der Waals surface area (Å²) in [6.07, 6.45) is 9.36. The third-order valence-corrected chi connectivity index (χ3v) is 7.51. The molecule has 0 spiro atoms. The SMILES string of the molecule is Cc1c(N2C=CN(C)[C@H]2C)cc2c(sc3ccccc32)c1N1C=CN(C)[C@@H]1C. The zero-order valence-corrected chi connectivity index (χ0v) is 17.9. The smallest absolute Gasteiger partial charge is 0.102 e. The highest BCUT2D eigenvalue weighted by Crippen LogP contribution is 2.47. The lowest BCUT2D eigenvalue weighted by Crippen LogP contribution is -2.35. The summed E-state index contributed by atoms with van der Waals surface area (Å²) < 4.78 is 2.72. The van der Waals surface area contributed by atoms with Crippen molar-refractivity contribution in [2.75, 3.05) is 23.9 Å². The maximum atomic E-state index is 2.42. The van der Waals surface area contributed by atoms with Gasteiger partial charge in [0.15, 0.2) is 0 Å². The molecule has 2 aromatic carbocycles. The number of benzene rings is 2. The van der Waals surface area contributed by atoms with Crippen LogP contribution in [0, 0.1) is 6.92 Å². The number of hydrogen-bond donors (Lipinski definition) is 0. The Labute approximate surface area is 170 Å². The summed E-state index contributed by atoms with van der Waals surface area (Å²) in [5.41, 5.74) is 3.95. The molecule has 2 aliphatic rings. The summed E-state index contributed by atoms with van der Waals surface area (Å²) in [7, 11) is 4.28. The summed E-state index contributed by atoms with van der Waals surface area (Å²) in [6.45, 7) is 6.78. The highest BCUT2D eigenvalue weighted by Gasteiger charge is 2.29. The Hall–Kier alpha value is -2.66. The third kappa shape index (κ3) is 2.35. The molecule has 3 heterocycles. The van der Waals surface area contributed by atoms with E-state index < -0.39 is 0 Å². The number of nitrogens with zero attached hydrogens (tertiary/aromatic N) is 4. The van der Waals surface area contributed by atoms with Gasteiger partial charge in [0.25, 0.3) is 0 Å². The fourth-order valence-corrected chi connectivity index (χ4v) is 5.58. The molecule has 2 atom stereocenters. The van der Waals surface area contributed by atoms with Crippen molar-refractivity contribution in [1.29, 1.82) is 0 Å². The van der Waals surface area contributed by atoms with E-state index in [1.54, 1.807) is 0 Å². The van der Waals surface area contributed by atoms with Crippen LogP contribution in [0.25, 0.3) is 20.2 Å². The number of rotatable bonds is 2. The first-order valence-corrected chi connectivity index (χ1v) is 10.6. The van der Waals surface area contributed by atoms with Gasteiger partial charge in [-0.15, -0.1) is 11.3 Å². The molecule has 0 saturated heterocycles. The van der Waals surface area contributed by atoms with Crippen molar-refractivity contribution in [3.8, 4) is 0 Å². The highest BCUT2D eigenvalue weighted by atomic mass is 32.1. The molecule has 5 rings (SSSR count). The van der Waals surface area contributed by atoms with Crippen molar-refractivity contribution in [2.24, 2.45) is 0 Å². The molecule has 0 fully saturated rings. The first-order chi connectivity index (χ1) is 13.5. The van der Waals surface area contributed by atoms with Gasteiger partial charge in [-0.2, -0.15) is 0 Å². The maximum Gasteiger partial charge on any atom is 0.102 e. The van der Waals surface area contributed by atoms with Crippen LogP contribution in [0.1, 0.15) is 19.4 Å². The Morgan fingerprint density at radius 3 is 2.11 bits per heavy atom. The molecule has 28 heavy (non-hydrogen) atoms. The topological polar surface area (TPSA) is 13.0 Å². The van der Waals surface area contributed by atoms with Gasteiger partial charge in [-0.3, -0.25) is 0 Å². The Morgan fingerprint density at radius 1 is 0.821 bits per heavy atom. The predicted octanol–water partition coefficient (Wildman–Crippen LogP) is 5.50. The molecule has 5 heteroatoms. The number of fused-ring (bicyclic) bond motifs is 3. The molecule has 0 radical (unpaired) electrons. The van der Waals surface area contributed by atoms with Gasteiger partial charge in [-0.1, -0.05) is 18.2 Å². The monoisotopic (exact) mass is 390 g/mol. The van der Waals surface area contributed by atoms with E-state index >= 15 is 0 Å². The third-order valence-electron chi connectivity index (χ3n) is 6.31. The van der Waals surface area contributed by atoms with Crippen LogP contribution in [0.5, 0.6) is 0 Å². The van der Waals surface area contributed by atoms with Crippen molar-refractivity contribution < 1.29 is 0 Å². The van der Waals surface area contributed by atoms with Crippen LogP contribution in [0.3, 0.4) is 0 Å². The molecular weight excluding hydrogens is 364 g/mol. The maximum absolute atomic E-state index is 2.42. The van der Waals surface area contributed by atoms with Crippen LogP contribution in [0.4, 0.5) is 11.4 Å². The standard InChI is InChI=1S/C23H26N4S/c1-15-20(26-12-10-24(4)16(26)2)14-19-18-8-6-7-9-21(18)28-23(19)22(15)27-13-11-25(5)17(27)3/h6-14,16-17H,1-5H3/t16-,17+/m1/s1. The normalized spacial score (nSPS) is 21.9. The van der Waals surface area contributed by atoms with Crippen LogP contribution < -0.4 is 9.80 Å². The van der Waals surface area contributed by atoms with Crippen molar-refractivity contribution in [2.45, 2.75) is 33.1 Å². The summed E-state index contributed by atoms with van der Waals surface area (Å²) in [5.74, 6) is 0. The molecule has 4 nitrogen and oxygen atoms in total. The lowest BCUT2D eigenvalue weighted by molar-refractivity contribution is 0.381. The first-order valence-electron chi connectivity index (χ1n) is 9.79. The zero-order valence-electron chi connectivity index (χ0n) is 17.0. The van der Waals surface area contributed by atoms with Crippen molar-refractivity contribution in [3.63, 3.8) is 0 Å². The molecule has 0 aliphatic carbocycles. The van der Waals surface area contributed by atoms with Crippen molar-refractivity contribution >= 4 is 42.9 Å². The molecule has 1 aromatic heterocycles. The first kappa shape index (κ1) is 17.4. The fourth-order valence-electron chi connectivity index (χ4n) is 4.29. The van der Waals surface area contributed by atoms with Crippen LogP contribution in [0.2, 0.25) is 0 Å². The van der Waals surface area contributed by atoms with E-state index in [4.69, 9.17) is 0 Å². The molecule has 144 valence electrons. The van der Waals surface area contributed by atoms with Gasteiger partial charge >= 0.3 is 0 Å². The van der Waals surface area contributed by atoms with Gasteiger partial charge in [0.05, 0.1) is 10.4 Å². The minimum atomic E-state index is 0.302. The average molecular weight is 391 g/mol. The molecule has 3 aromatic rings. The van der Waals surface area contributed by atoms with Gasteiger partial charge < -0.3 is 19.6 Å². The molecule has 0 saturated carbocycles. The summed E-state index contributed by atoms with van der Waals surface area (Å²) in [4.78, 5) is 9.32. The Balaban J connectivity index is 1.82. The molecule has 0 bridgehead atoms. The lowest BCUT2D eigenvalue weighted by atomic mass is 10.0. The Morgan fingerprint density at radius 2 is 1.46 bits per heavy atom. The molecular formula is C23H26N4S. The van der Waals surface area contributed by atoms with E-state index in [-0.39, 0.29) is 0 Å². The van der Waals surface area contributed by atoms with Crippen LogP contribution in [-0.2, 0) is 0 Å². The second-order valence-electron chi connectivity index (χ2n) is 7.85. The quantitative estimate of drug-likeness (QED) is 0.573. The van der Waals surface area contributed by atoms with E-state index in [0.29, 0.717) is 12.3 Å². The van der Waals surface area contributed by atoms with E-state index in [2.05, 4.69) is 110 Å². The van der Waals surface area contributed by atoms with E-state index in [1.807, 2.05) is 11.3 Å². The molecule has 0 unspecified atom stereocenters. The molecule has 0 N–H and O–H groups in total. The predicted molar refractivity (Wildman–Crippen MR) is 122 cm³/mol. The Bertz CT molecular complexity index is 1130. The van der Waals surface area contributed by atoms with Crippen LogP contribution in [0.15, 0.2) is 55.1 Å². The largest absolute Gasteiger partial charge is 0.359 e. The minimum absolute atomic E-state index is 0.302. The van der Waals surface area contributed by atoms with Gasteiger partial charge in [0, 0.05) is 60.1 Å². The van der Waals surface area contributed by atoms with E-state index in [9.17, 15) is 0 Å². The molecule has 2 aliphatic heterocycles. The zero-order chi connectivity index (χ0) is 19.6. The second-order valence-corrected chi connectivity index (χ2v) is 8.90. The highest BCUT2D eigenvalue weighted by molar-refractivity contribution is 7.26. The molecule has 0 amide bonds. The van der Waals surface area contributed by atoms with Gasteiger partial charge in [0.1, 0.15) is 12.3 Å². The summed E-state index contributed by atoms with van der Waals surface area (Å²) in [6, 6.07) is 11.2. The summed E-state index contributed by atoms with van der Waals surface area (Å²) >= 11 is 1.90.